The zero-order chi connectivity index (χ0) is 15.2. The van der Waals surface area contributed by atoms with Crippen molar-refractivity contribution in [2.75, 3.05) is 46.3 Å². The monoisotopic (exact) mass is 296 g/mol. The summed E-state index contributed by atoms with van der Waals surface area (Å²) < 4.78 is 13.4. The Hall–Kier alpha value is -1.57. The van der Waals surface area contributed by atoms with Crippen molar-refractivity contribution in [2.45, 2.75) is 6.54 Å². The molecule has 2 rings (SSSR count). The zero-order valence-electron chi connectivity index (χ0n) is 12.2. The zero-order valence-corrected chi connectivity index (χ0v) is 12.2. The van der Waals surface area contributed by atoms with Gasteiger partial charge in [-0.3, -0.25) is 15.0 Å². The maximum atomic E-state index is 13.4. The second-order valence-corrected chi connectivity index (χ2v) is 5.40. The highest BCUT2D eigenvalue weighted by Gasteiger charge is 2.13. The van der Waals surface area contributed by atoms with Gasteiger partial charge in [0.15, 0.2) is 0 Å². The molecular formula is C14H21FN4O2. The van der Waals surface area contributed by atoms with Crippen LogP contribution >= 0.6 is 0 Å². The van der Waals surface area contributed by atoms with Gasteiger partial charge in [0.25, 0.3) is 5.69 Å². The average Bonchev–Trinajstić information content (AvgIpc) is 2.45. The molecule has 1 aliphatic rings. The fourth-order valence-electron chi connectivity index (χ4n) is 2.47. The van der Waals surface area contributed by atoms with E-state index >= 15 is 0 Å². The van der Waals surface area contributed by atoms with Gasteiger partial charge in [0, 0.05) is 51.9 Å². The highest BCUT2D eigenvalue weighted by atomic mass is 19.1. The summed E-state index contributed by atoms with van der Waals surface area (Å²) in [6.07, 6.45) is 0. The van der Waals surface area contributed by atoms with E-state index in [2.05, 4.69) is 15.1 Å². The van der Waals surface area contributed by atoms with Gasteiger partial charge in [0.05, 0.1) is 11.0 Å². The third kappa shape index (κ3) is 5.04. The Labute approximate surface area is 123 Å². The Bertz CT molecular complexity index is 492. The first-order valence-electron chi connectivity index (χ1n) is 7.10. The van der Waals surface area contributed by atoms with E-state index in [1.807, 2.05) is 7.05 Å². The van der Waals surface area contributed by atoms with Gasteiger partial charge >= 0.3 is 0 Å². The number of hydrogen-bond acceptors (Lipinski definition) is 5. The molecule has 0 atom stereocenters. The molecule has 1 fully saturated rings. The van der Waals surface area contributed by atoms with Crippen molar-refractivity contribution >= 4 is 5.69 Å². The van der Waals surface area contributed by atoms with Crippen molar-refractivity contribution in [1.82, 2.24) is 15.1 Å². The van der Waals surface area contributed by atoms with Gasteiger partial charge in [0.2, 0.25) is 0 Å². The minimum Gasteiger partial charge on any atom is -0.314 e. The number of nitrogens with one attached hydrogen (secondary N) is 1. The molecule has 1 aromatic carbocycles. The molecule has 21 heavy (non-hydrogen) atoms. The van der Waals surface area contributed by atoms with E-state index in [-0.39, 0.29) is 5.69 Å². The van der Waals surface area contributed by atoms with Crippen LogP contribution in [0.1, 0.15) is 5.56 Å². The number of nitrogens with zero attached hydrogens (tertiary/aromatic N) is 3. The van der Waals surface area contributed by atoms with Crippen LogP contribution < -0.4 is 5.32 Å². The first-order chi connectivity index (χ1) is 10.0. The summed E-state index contributed by atoms with van der Waals surface area (Å²) in [7, 11) is 1.94. The predicted octanol–water partition coefficient (Wildman–Crippen LogP) is 1.07. The summed E-state index contributed by atoms with van der Waals surface area (Å²) in [4.78, 5) is 14.6. The van der Waals surface area contributed by atoms with Crippen molar-refractivity contribution in [3.63, 3.8) is 0 Å². The normalized spacial score (nSPS) is 16.3. The second kappa shape index (κ2) is 7.44. The standard InChI is InChI=1S/C14H21FN4O2/c1-17(6-7-18-4-2-16-3-5-18)11-12-8-13(15)10-14(9-12)19(20)21/h8-10,16H,2-7,11H2,1H3. The number of nitro groups is 1. The third-order valence-corrected chi connectivity index (χ3v) is 3.61. The molecule has 6 nitrogen and oxygen atoms in total. The Balaban J connectivity index is 1.86. The summed E-state index contributed by atoms with van der Waals surface area (Å²) in [5.74, 6) is -0.560. The first-order valence-corrected chi connectivity index (χ1v) is 7.10. The topological polar surface area (TPSA) is 61.6 Å². The maximum absolute atomic E-state index is 13.4. The van der Waals surface area contributed by atoms with Gasteiger partial charge in [-0.1, -0.05) is 0 Å². The van der Waals surface area contributed by atoms with Crippen molar-refractivity contribution in [3.05, 3.63) is 39.7 Å². The Morgan fingerprint density at radius 2 is 2.10 bits per heavy atom. The molecule has 1 heterocycles. The van der Waals surface area contributed by atoms with E-state index in [1.54, 1.807) is 0 Å². The van der Waals surface area contributed by atoms with E-state index in [0.717, 1.165) is 45.3 Å². The maximum Gasteiger partial charge on any atom is 0.272 e. The summed E-state index contributed by atoms with van der Waals surface area (Å²) in [6, 6.07) is 3.74. The van der Waals surface area contributed by atoms with Crippen LogP contribution in [0.4, 0.5) is 10.1 Å². The number of halogens is 1. The number of non-ortho nitro benzene ring substituents is 1. The minimum atomic E-state index is -0.562. The highest BCUT2D eigenvalue weighted by Crippen LogP contribution is 2.17. The quantitative estimate of drug-likeness (QED) is 0.628. The summed E-state index contributed by atoms with van der Waals surface area (Å²) in [5.41, 5.74) is 0.435. The Kier molecular flexibility index (Phi) is 5.60. The summed E-state index contributed by atoms with van der Waals surface area (Å²) in [5, 5.41) is 14.0. The SMILES string of the molecule is CN(CCN1CCNCC1)Cc1cc(F)cc([N+](=O)[O-])c1. The number of benzene rings is 1. The van der Waals surface area contributed by atoms with E-state index in [4.69, 9.17) is 0 Å². The lowest BCUT2D eigenvalue weighted by atomic mass is 10.2. The predicted molar refractivity (Wildman–Crippen MR) is 78.7 cm³/mol. The van der Waals surface area contributed by atoms with Gasteiger partial charge in [0.1, 0.15) is 5.82 Å². The van der Waals surface area contributed by atoms with E-state index in [0.29, 0.717) is 12.1 Å². The molecule has 1 saturated heterocycles. The number of likely N-dealkylation sites (N-methyl/N-ethyl adjacent to an activating group) is 1. The molecule has 0 saturated carbocycles. The molecule has 1 aliphatic heterocycles. The van der Waals surface area contributed by atoms with Gasteiger partial charge in [-0.25, -0.2) is 4.39 Å². The minimum absolute atomic E-state index is 0.194. The Morgan fingerprint density at radius 3 is 2.76 bits per heavy atom. The lowest BCUT2D eigenvalue weighted by Gasteiger charge is -2.29. The molecule has 0 radical (unpaired) electrons. The molecule has 0 bridgehead atoms. The average molecular weight is 296 g/mol. The lowest BCUT2D eigenvalue weighted by molar-refractivity contribution is -0.385. The summed E-state index contributed by atoms with van der Waals surface area (Å²) in [6.45, 7) is 6.42. The molecule has 116 valence electrons. The largest absolute Gasteiger partial charge is 0.314 e. The van der Waals surface area contributed by atoms with Crippen LogP contribution in [0.25, 0.3) is 0 Å². The molecule has 1 aromatic rings. The number of piperazine rings is 1. The van der Waals surface area contributed by atoms with Gasteiger partial charge < -0.3 is 10.2 Å². The second-order valence-electron chi connectivity index (χ2n) is 5.40. The summed E-state index contributed by atoms with van der Waals surface area (Å²) >= 11 is 0. The van der Waals surface area contributed by atoms with E-state index < -0.39 is 10.7 Å². The molecule has 0 amide bonds. The van der Waals surface area contributed by atoms with Crippen molar-refractivity contribution < 1.29 is 9.31 Å². The molecular weight excluding hydrogens is 275 g/mol. The van der Waals surface area contributed by atoms with E-state index in [9.17, 15) is 14.5 Å². The molecule has 0 spiro atoms. The highest BCUT2D eigenvalue weighted by molar-refractivity contribution is 5.35. The Morgan fingerprint density at radius 1 is 1.38 bits per heavy atom. The lowest BCUT2D eigenvalue weighted by Crippen LogP contribution is -2.45. The van der Waals surface area contributed by atoms with Crippen LogP contribution in [0.3, 0.4) is 0 Å². The van der Waals surface area contributed by atoms with Crippen molar-refractivity contribution in [2.24, 2.45) is 0 Å². The van der Waals surface area contributed by atoms with Crippen LogP contribution in [-0.4, -0.2) is 61.0 Å². The van der Waals surface area contributed by atoms with Crippen molar-refractivity contribution in [3.8, 4) is 0 Å². The molecule has 0 unspecified atom stereocenters. The van der Waals surface area contributed by atoms with Crippen LogP contribution in [0, 0.1) is 15.9 Å². The van der Waals surface area contributed by atoms with Crippen LogP contribution in [0.2, 0.25) is 0 Å². The number of hydrogen-bond donors (Lipinski definition) is 1. The number of nitro benzene ring substituents is 1. The molecule has 0 aromatic heterocycles. The molecule has 7 heteroatoms. The van der Waals surface area contributed by atoms with Crippen LogP contribution in [0.15, 0.2) is 18.2 Å². The van der Waals surface area contributed by atoms with Crippen LogP contribution in [0.5, 0.6) is 0 Å². The number of rotatable bonds is 6. The van der Waals surface area contributed by atoms with Gasteiger partial charge in [-0.2, -0.15) is 0 Å². The van der Waals surface area contributed by atoms with E-state index in [1.165, 1.54) is 12.1 Å². The van der Waals surface area contributed by atoms with Gasteiger partial charge in [-0.15, -0.1) is 0 Å². The first kappa shape index (κ1) is 15.8. The molecule has 1 N–H and O–H groups in total. The fourth-order valence-corrected chi connectivity index (χ4v) is 2.47. The van der Waals surface area contributed by atoms with Gasteiger partial charge in [-0.05, 0) is 18.7 Å². The fraction of sp³-hybridized carbons (Fsp3) is 0.571. The van der Waals surface area contributed by atoms with Crippen LogP contribution in [-0.2, 0) is 6.54 Å². The molecule has 0 aliphatic carbocycles. The van der Waals surface area contributed by atoms with Crippen molar-refractivity contribution in [1.29, 1.82) is 0 Å². The third-order valence-electron chi connectivity index (χ3n) is 3.61. The smallest absolute Gasteiger partial charge is 0.272 e.